The van der Waals surface area contributed by atoms with Crippen molar-refractivity contribution in [3.8, 4) is 0 Å². The Morgan fingerprint density at radius 3 is 2.67 bits per heavy atom. The number of rotatable bonds is 1. The van der Waals surface area contributed by atoms with Gasteiger partial charge in [0.25, 0.3) is 9.76 Å². The highest BCUT2D eigenvalue weighted by Gasteiger charge is 1.92. The van der Waals surface area contributed by atoms with Crippen LogP contribution >= 0.6 is 0 Å². The van der Waals surface area contributed by atoms with Crippen LogP contribution in [0.25, 0.3) is 0 Å². The first-order valence-electron chi connectivity index (χ1n) is 2.48. The topological polar surface area (TPSA) is 20.2 Å². The van der Waals surface area contributed by atoms with Crippen LogP contribution in [0.1, 0.15) is 0 Å². The van der Waals surface area contributed by atoms with Crippen molar-refractivity contribution in [2.75, 3.05) is 0 Å². The summed E-state index contributed by atoms with van der Waals surface area (Å²) < 4.78 is 12.2. The van der Waals surface area contributed by atoms with E-state index < -0.39 is 0 Å². The molecule has 1 aromatic carbocycles. The predicted octanol–water partition coefficient (Wildman–Crippen LogP) is 0.0625. The van der Waals surface area contributed by atoms with Crippen molar-refractivity contribution in [3.63, 3.8) is 0 Å². The van der Waals surface area contributed by atoms with Crippen LogP contribution in [0.3, 0.4) is 0 Å². The standard InChI is InChI=1S/C6H5FOSi/c7-5-2-1-3-6(4-5)9-8/h1-4,8H. The highest BCUT2D eigenvalue weighted by Crippen LogP contribution is 1.90. The van der Waals surface area contributed by atoms with Gasteiger partial charge in [0.05, 0.1) is 0 Å². The average Bonchev–Trinajstić information content (AvgIpc) is 1.88. The van der Waals surface area contributed by atoms with Crippen molar-refractivity contribution < 1.29 is 9.19 Å². The van der Waals surface area contributed by atoms with Crippen LogP contribution in [0, 0.1) is 5.82 Å². The molecule has 0 aromatic heterocycles. The Balaban J connectivity index is 2.94. The second kappa shape index (κ2) is 2.75. The van der Waals surface area contributed by atoms with Gasteiger partial charge >= 0.3 is 0 Å². The van der Waals surface area contributed by atoms with Crippen LogP contribution in [-0.2, 0) is 0 Å². The summed E-state index contributed by atoms with van der Waals surface area (Å²) in [5.74, 6) is -0.297. The summed E-state index contributed by atoms with van der Waals surface area (Å²) in [5, 5.41) is 0.634. The van der Waals surface area contributed by atoms with Crippen molar-refractivity contribution in [1.29, 1.82) is 0 Å². The van der Waals surface area contributed by atoms with Crippen molar-refractivity contribution >= 4 is 14.9 Å². The van der Waals surface area contributed by atoms with Crippen molar-refractivity contribution in [3.05, 3.63) is 30.1 Å². The minimum absolute atomic E-state index is 0.297. The smallest absolute Gasteiger partial charge is 0.265 e. The largest absolute Gasteiger partial charge is 0.428 e. The Morgan fingerprint density at radius 1 is 1.44 bits per heavy atom. The number of hydrogen-bond acceptors (Lipinski definition) is 1. The van der Waals surface area contributed by atoms with E-state index in [1.165, 1.54) is 12.1 Å². The summed E-state index contributed by atoms with van der Waals surface area (Å²) >= 11 is 0. The molecule has 0 saturated heterocycles. The minimum Gasteiger partial charge on any atom is -0.428 e. The highest BCUT2D eigenvalue weighted by atomic mass is 28.2. The zero-order chi connectivity index (χ0) is 6.69. The van der Waals surface area contributed by atoms with E-state index in [2.05, 4.69) is 0 Å². The summed E-state index contributed by atoms with van der Waals surface area (Å²) in [6.07, 6.45) is 0. The molecule has 0 fully saturated rings. The lowest BCUT2D eigenvalue weighted by Crippen LogP contribution is -2.12. The SMILES string of the molecule is O[Si]c1cccc(F)c1. The van der Waals surface area contributed by atoms with Gasteiger partial charge in [-0.25, -0.2) is 4.39 Å². The fraction of sp³-hybridized carbons (Fsp3) is 0. The molecule has 0 saturated carbocycles. The van der Waals surface area contributed by atoms with Crippen molar-refractivity contribution in [1.82, 2.24) is 0 Å². The first kappa shape index (κ1) is 6.45. The van der Waals surface area contributed by atoms with Gasteiger partial charge in [-0.3, -0.25) is 0 Å². The zero-order valence-electron chi connectivity index (χ0n) is 4.63. The van der Waals surface area contributed by atoms with E-state index in [4.69, 9.17) is 4.80 Å². The fourth-order valence-corrected chi connectivity index (χ4v) is 0.931. The monoisotopic (exact) mass is 140 g/mol. The molecule has 0 aliphatic rings. The highest BCUT2D eigenvalue weighted by molar-refractivity contribution is 6.45. The summed E-state index contributed by atoms with van der Waals surface area (Å²) in [5.41, 5.74) is 0. The third kappa shape index (κ3) is 1.62. The van der Waals surface area contributed by atoms with Crippen LogP contribution in [0.15, 0.2) is 24.3 Å². The lowest BCUT2D eigenvalue weighted by atomic mass is 10.3. The van der Waals surface area contributed by atoms with E-state index in [1.54, 1.807) is 12.1 Å². The quantitative estimate of drug-likeness (QED) is 0.547. The molecule has 0 atom stereocenters. The molecule has 9 heavy (non-hydrogen) atoms. The van der Waals surface area contributed by atoms with E-state index in [1.807, 2.05) is 0 Å². The molecule has 0 aliphatic heterocycles. The molecule has 0 unspecified atom stereocenters. The normalized spacial score (nSPS) is 9.56. The fourth-order valence-electron chi connectivity index (χ4n) is 0.558. The van der Waals surface area contributed by atoms with Gasteiger partial charge in [-0.05, 0) is 17.3 Å². The molecule has 1 rings (SSSR count). The molecule has 0 aliphatic carbocycles. The molecule has 0 bridgehead atoms. The third-order valence-electron chi connectivity index (χ3n) is 0.954. The summed E-state index contributed by atoms with van der Waals surface area (Å²) in [6, 6.07) is 5.93. The van der Waals surface area contributed by atoms with E-state index in [0.29, 0.717) is 5.19 Å². The number of halogens is 1. The van der Waals surface area contributed by atoms with Gasteiger partial charge in [-0.2, -0.15) is 0 Å². The first-order chi connectivity index (χ1) is 4.33. The molecule has 0 heterocycles. The summed E-state index contributed by atoms with van der Waals surface area (Å²) in [6.45, 7) is 0. The van der Waals surface area contributed by atoms with Gasteiger partial charge in [0.1, 0.15) is 5.82 Å². The molecular formula is C6H5FOSi. The minimum atomic E-state index is -0.314. The van der Waals surface area contributed by atoms with E-state index in [0.717, 1.165) is 0 Å². The Bertz CT molecular complexity index is 202. The first-order valence-corrected chi connectivity index (χ1v) is 3.43. The molecule has 1 aromatic rings. The Hall–Kier alpha value is -0.673. The Labute approximate surface area is 55.1 Å². The molecule has 2 radical (unpaired) electrons. The number of hydrogen-bond donors (Lipinski definition) is 1. The molecule has 46 valence electrons. The molecule has 1 N–H and O–H groups in total. The summed E-state index contributed by atoms with van der Waals surface area (Å²) in [7, 11) is -0.314. The van der Waals surface area contributed by atoms with Crippen molar-refractivity contribution in [2.24, 2.45) is 0 Å². The molecule has 0 amide bonds. The van der Waals surface area contributed by atoms with Gasteiger partial charge in [-0.1, -0.05) is 12.1 Å². The maximum absolute atomic E-state index is 12.2. The average molecular weight is 140 g/mol. The van der Waals surface area contributed by atoms with Gasteiger partial charge < -0.3 is 4.80 Å². The van der Waals surface area contributed by atoms with Gasteiger partial charge in [0, 0.05) is 0 Å². The van der Waals surface area contributed by atoms with E-state index in [9.17, 15) is 4.39 Å². The van der Waals surface area contributed by atoms with Gasteiger partial charge in [-0.15, -0.1) is 0 Å². The summed E-state index contributed by atoms with van der Waals surface area (Å²) in [4.78, 5) is 8.52. The second-order valence-corrected chi connectivity index (χ2v) is 2.42. The third-order valence-corrected chi connectivity index (χ3v) is 1.52. The molecule has 3 heteroatoms. The van der Waals surface area contributed by atoms with Crippen molar-refractivity contribution in [2.45, 2.75) is 0 Å². The van der Waals surface area contributed by atoms with Crippen LogP contribution in [-0.4, -0.2) is 14.6 Å². The Morgan fingerprint density at radius 2 is 2.22 bits per heavy atom. The lowest BCUT2D eigenvalue weighted by Gasteiger charge is -1.90. The molecule has 0 spiro atoms. The van der Waals surface area contributed by atoms with E-state index in [-0.39, 0.29) is 15.6 Å². The van der Waals surface area contributed by atoms with Crippen LogP contribution < -0.4 is 5.19 Å². The van der Waals surface area contributed by atoms with Gasteiger partial charge in [0.2, 0.25) is 0 Å². The second-order valence-electron chi connectivity index (χ2n) is 1.62. The van der Waals surface area contributed by atoms with Gasteiger partial charge in [0.15, 0.2) is 0 Å². The molecular weight excluding hydrogens is 135 g/mol. The predicted molar refractivity (Wildman–Crippen MR) is 34.0 cm³/mol. The maximum Gasteiger partial charge on any atom is 0.265 e. The van der Waals surface area contributed by atoms with Crippen LogP contribution in [0.4, 0.5) is 4.39 Å². The molecule has 1 nitrogen and oxygen atoms in total. The van der Waals surface area contributed by atoms with E-state index >= 15 is 0 Å². The zero-order valence-corrected chi connectivity index (χ0v) is 5.63. The Kier molecular flexibility index (Phi) is 1.97. The maximum atomic E-state index is 12.2. The lowest BCUT2D eigenvalue weighted by molar-refractivity contribution is 0.611. The number of benzene rings is 1. The van der Waals surface area contributed by atoms with Crippen LogP contribution in [0.2, 0.25) is 0 Å². The van der Waals surface area contributed by atoms with Crippen LogP contribution in [0.5, 0.6) is 0 Å².